The molecule has 1 N–H and O–H groups in total. The maximum atomic E-state index is 5.04. The fourth-order valence-corrected chi connectivity index (χ4v) is 2.11. The number of furan rings is 1. The zero-order valence-corrected chi connectivity index (χ0v) is 9.41. The Labute approximate surface area is 91.4 Å². The third-order valence-electron chi connectivity index (χ3n) is 3.21. The van der Waals surface area contributed by atoms with E-state index in [9.17, 15) is 0 Å². The van der Waals surface area contributed by atoms with Crippen LogP contribution >= 0.6 is 0 Å². The van der Waals surface area contributed by atoms with Crippen LogP contribution in [0.5, 0.6) is 0 Å². The van der Waals surface area contributed by atoms with E-state index in [4.69, 9.17) is 4.42 Å². The van der Waals surface area contributed by atoms with Gasteiger partial charge in [0.15, 0.2) is 0 Å². The molecule has 0 bridgehead atoms. The number of nitrogens with zero attached hydrogens (tertiary/aromatic N) is 1. The lowest BCUT2D eigenvalue weighted by molar-refractivity contribution is 0.206. The molecule has 0 unspecified atom stereocenters. The van der Waals surface area contributed by atoms with Gasteiger partial charge in [-0.3, -0.25) is 0 Å². The zero-order chi connectivity index (χ0) is 10.5. The van der Waals surface area contributed by atoms with E-state index in [1.54, 1.807) is 6.26 Å². The molecule has 0 amide bonds. The summed E-state index contributed by atoms with van der Waals surface area (Å²) in [7, 11) is 0. The highest BCUT2D eigenvalue weighted by atomic mass is 16.3. The quantitative estimate of drug-likeness (QED) is 0.818. The van der Waals surface area contributed by atoms with Crippen LogP contribution in [0.25, 0.3) is 0 Å². The summed E-state index contributed by atoms with van der Waals surface area (Å²) in [5, 5.41) is 3.58. The Morgan fingerprint density at radius 2 is 2.27 bits per heavy atom. The molecule has 0 radical (unpaired) electrons. The predicted octanol–water partition coefficient (Wildman–Crippen LogP) is 1.85. The molecule has 0 atom stereocenters. The van der Waals surface area contributed by atoms with Crippen molar-refractivity contribution < 1.29 is 4.42 Å². The Kier molecular flexibility index (Phi) is 3.80. The molecule has 2 heterocycles. The van der Waals surface area contributed by atoms with E-state index in [1.165, 1.54) is 38.0 Å². The van der Waals surface area contributed by atoms with Crippen molar-refractivity contribution in [2.75, 3.05) is 19.6 Å². The minimum atomic E-state index is 0.683. The van der Waals surface area contributed by atoms with E-state index in [-0.39, 0.29) is 0 Å². The van der Waals surface area contributed by atoms with Gasteiger partial charge in [0.25, 0.3) is 0 Å². The van der Waals surface area contributed by atoms with Crippen LogP contribution in [-0.4, -0.2) is 30.6 Å². The highest BCUT2D eigenvalue weighted by Crippen LogP contribution is 2.10. The number of hydrogen-bond acceptors (Lipinski definition) is 3. The largest absolute Gasteiger partial charge is 0.472 e. The average molecular weight is 208 g/mol. The molecule has 1 fully saturated rings. The Morgan fingerprint density at radius 1 is 1.47 bits per heavy atom. The SMILES string of the molecule is CCN1CCC(NCc2ccoc2)CC1. The lowest BCUT2D eigenvalue weighted by Gasteiger charge is -2.31. The Balaban J connectivity index is 1.69. The summed E-state index contributed by atoms with van der Waals surface area (Å²) in [5.41, 5.74) is 1.24. The normalized spacial score (nSPS) is 19.5. The first-order chi connectivity index (χ1) is 7.38. The van der Waals surface area contributed by atoms with Gasteiger partial charge in [-0.15, -0.1) is 0 Å². The summed E-state index contributed by atoms with van der Waals surface area (Å²) < 4.78 is 5.04. The van der Waals surface area contributed by atoms with Crippen molar-refractivity contribution in [3.63, 3.8) is 0 Å². The smallest absolute Gasteiger partial charge is 0.0947 e. The van der Waals surface area contributed by atoms with Crippen molar-refractivity contribution in [2.45, 2.75) is 32.4 Å². The number of rotatable bonds is 4. The van der Waals surface area contributed by atoms with E-state index in [1.807, 2.05) is 12.3 Å². The summed E-state index contributed by atoms with van der Waals surface area (Å²) >= 11 is 0. The summed E-state index contributed by atoms with van der Waals surface area (Å²) in [6, 6.07) is 2.71. The van der Waals surface area contributed by atoms with Gasteiger partial charge in [-0.25, -0.2) is 0 Å². The first-order valence-corrected chi connectivity index (χ1v) is 5.85. The van der Waals surface area contributed by atoms with Crippen molar-refractivity contribution in [1.82, 2.24) is 10.2 Å². The van der Waals surface area contributed by atoms with Gasteiger partial charge in [-0.2, -0.15) is 0 Å². The topological polar surface area (TPSA) is 28.4 Å². The molecule has 2 rings (SSSR count). The second-order valence-corrected chi connectivity index (χ2v) is 4.22. The predicted molar refractivity (Wildman–Crippen MR) is 60.7 cm³/mol. The van der Waals surface area contributed by atoms with Crippen LogP contribution in [-0.2, 0) is 6.54 Å². The standard InChI is InChI=1S/C12H20N2O/c1-2-14-6-3-12(4-7-14)13-9-11-5-8-15-10-11/h5,8,10,12-13H,2-4,6-7,9H2,1H3. The lowest BCUT2D eigenvalue weighted by Crippen LogP contribution is -2.41. The van der Waals surface area contributed by atoms with E-state index < -0.39 is 0 Å². The van der Waals surface area contributed by atoms with Gasteiger partial charge in [0.1, 0.15) is 0 Å². The van der Waals surface area contributed by atoms with E-state index in [0.717, 1.165) is 6.54 Å². The Morgan fingerprint density at radius 3 is 2.87 bits per heavy atom. The van der Waals surface area contributed by atoms with E-state index >= 15 is 0 Å². The molecule has 1 saturated heterocycles. The maximum absolute atomic E-state index is 5.04. The minimum absolute atomic E-state index is 0.683. The lowest BCUT2D eigenvalue weighted by atomic mass is 10.0. The van der Waals surface area contributed by atoms with Crippen molar-refractivity contribution in [3.05, 3.63) is 24.2 Å². The average Bonchev–Trinajstić information content (AvgIpc) is 2.80. The molecule has 0 aromatic carbocycles. The summed E-state index contributed by atoms with van der Waals surface area (Å²) in [4.78, 5) is 2.51. The van der Waals surface area contributed by atoms with Crippen LogP contribution in [0.1, 0.15) is 25.3 Å². The minimum Gasteiger partial charge on any atom is -0.472 e. The van der Waals surface area contributed by atoms with Crippen LogP contribution < -0.4 is 5.32 Å². The van der Waals surface area contributed by atoms with Gasteiger partial charge in [-0.1, -0.05) is 6.92 Å². The van der Waals surface area contributed by atoms with Gasteiger partial charge in [0.05, 0.1) is 12.5 Å². The summed E-state index contributed by atoms with van der Waals surface area (Å²) in [5.74, 6) is 0. The first-order valence-electron chi connectivity index (χ1n) is 5.85. The van der Waals surface area contributed by atoms with Crippen LogP contribution in [0.3, 0.4) is 0 Å². The third-order valence-corrected chi connectivity index (χ3v) is 3.21. The van der Waals surface area contributed by atoms with Crippen molar-refractivity contribution in [2.24, 2.45) is 0 Å². The van der Waals surface area contributed by atoms with Gasteiger partial charge in [-0.05, 0) is 38.5 Å². The van der Waals surface area contributed by atoms with Crippen LogP contribution in [0, 0.1) is 0 Å². The second-order valence-electron chi connectivity index (χ2n) is 4.22. The molecule has 1 aliphatic heterocycles. The molecule has 1 aromatic rings. The van der Waals surface area contributed by atoms with Crippen LogP contribution in [0.4, 0.5) is 0 Å². The monoisotopic (exact) mass is 208 g/mol. The van der Waals surface area contributed by atoms with Gasteiger partial charge < -0.3 is 14.6 Å². The van der Waals surface area contributed by atoms with Crippen molar-refractivity contribution in [3.8, 4) is 0 Å². The molecule has 84 valence electrons. The molecule has 3 nitrogen and oxygen atoms in total. The third kappa shape index (κ3) is 3.08. The summed E-state index contributed by atoms with van der Waals surface area (Å²) in [6.07, 6.45) is 6.09. The fourth-order valence-electron chi connectivity index (χ4n) is 2.11. The van der Waals surface area contributed by atoms with Crippen molar-refractivity contribution >= 4 is 0 Å². The molecular weight excluding hydrogens is 188 g/mol. The molecule has 0 aliphatic carbocycles. The molecule has 1 aliphatic rings. The highest BCUT2D eigenvalue weighted by Gasteiger charge is 2.17. The molecule has 1 aromatic heterocycles. The van der Waals surface area contributed by atoms with E-state index in [0.29, 0.717) is 6.04 Å². The summed E-state index contributed by atoms with van der Waals surface area (Å²) in [6.45, 7) is 6.83. The van der Waals surface area contributed by atoms with Crippen LogP contribution in [0.15, 0.2) is 23.0 Å². The first kappa shape index (κ1) is 10.7. The molecular formula is C12H20N2O. The van der Waals surface area contributed by atoms with Gasteiger partial charge in [0.2, 0.25) is 0 Å². The molecule has 0 saturated carbocycles. The highest BCUT2D eigenvalue weighted by molar-refractivity contribution is 5.04. The zero-order valence-electron chi connectivity index (χ0n) is 9.41. The molecule has 0 spiro atoms. The van der Waals surface area contributed by atoms with E-state index in [2.05, 4.69) is 17.1 Å². The fraction of sp³-hybridized carbons (Fsp3) is 0.667. The van der Waals surface area contributed by atoms with Crippen LogP contribution in [0.2, 0.25) is 0 Å². The van der Waals surface area contributed by atoms with Crippen molar-refractivity contribution in [1.29, 1.82) is 0 Å². The number of hydrogen-bond donors (Lipinski definition) is 1. The van der Waals surface area contributed by atoms with Gasteiger partial charge >= 0.3 is 0 Å². The maximum Gasteiger partial charge on any atom is 0.0947 e. The molecule has 15 heavy (non-hydrogen) atoms. The van der Waals surface area contributed by atoms with Gasteiger partial charge in [0, 0.05) is 18.2 Å². The molecule has 3 heteroatoms. The number of nitrogens with one attached hydrogen (secondary N) is 1. The number of piperidine rings is 1. The second kappa shape index (κ2) is 5.33. The number of likely N-dealkylation sites (tertiary alicyclic amines) is 1. The Hall–Kier alpha value is -0.800. The Bertz CT molecular complexity index is 263.